The maximum atomic E-state index is 12.5. The Kier molecular flexibility index (Phi) is 7.05. The number of nitrogens with one attached hydrogen (secondary N) is 3. The molecule has 2 aliphatic rings. The van der Waals surface area contributed by atoms with Gasteiger partial charge in [0.05, 0.1) is 5.69 Å². The van der Waals surface area contributed by atoms with Gasteiger partial charge in [-0.3, -0.25) is 0 Å². The summed E-state index contributed by atoms with van der Waals surface area (Å²) in [5, 5.41) is 8.35. The fourth-order valence-corrected chi connectivity index (χ4v) is 5.09. The van der Waals surface area contributed by atoms with Crippen molar-refractivity contribution in [2.24, 2.45) is 0 Å². The largest absolute Gasteiger partial charge is 0.369 e. The zero-order valence-corrected chi connectivity index (χ0v) is 22.8. The van der Waals surface area contributed by atoms with E-state index in [-0.39, 0.29) is 11.6 Å². The molecule has 196 valence electrons. The van der Waals surface area contributed by atoms with Gasteiger partial charge in [-0.15, -0.1) is 0 Å². The first-order chi connectivity index (χ1) is 17.6. The fraction of sp³-hybridized carbons (Fsp3) is 0.429. The summed E-state index contributed by atoms with van der Waals surface area (Å²) in [5.74, 6) is 0. The third kappa shape index (κ3) is 6.02. The minimum Gasteiger partial charge on any atom is -0.369 e. The molecule has 1 saturated heterocycles. The zero-order chi connectivity index (χ0) is 26.2. The van der Waals surface area contributed by atoms with Crippen LogP contribution in [0.4, 0.5) is 21.9 Å². The van der Waals surface area contributed by atoms with Crippen molar-refractivity contribution in [2.45, 2.75) is 32.7 Å². The maximum Gasteiger partial charge on any atom is 0.318 e. The third-order valence-electron chi connectivity index (χ3n) is 6.89. The summed E-state index contributed by atoms with van der Waals surface area (Å²) in [6.45, 7) is 11.3. The third-order valence-corrected chi connectivity index (χ3v) is 7.10. The lowest BCUT2D eigenvalue weighted by Crippen LogP contribution is -2.49. The number of likely N-dealkylation sites (N-methyl/N-ethyl adjacent to an activating group) is 1. The van der Waals surface area contributed by atoms with Gasteiger partial charge in [-0.05, 0) is 70.1 Å². The fourth-order valence-electron chi connectivity index (χ4n) is 4.86. The van der Waals surface area contributed by atoms with Gasteiger partial charge < -0.3 is 30.3 Å². The molecule has 0 atom stereocenters. The van der Waals surface area contributed by atoms with Gasteiger partial charge in [-0.25, -0.2) is 9.78 Å². The molecule has 4 heterocycles. The summed E-state index contributed by atoms with van der Waals surface area (Å²) in [6, 6.07) is 10.3. The second kappa shape index (κ2) is 10.3. The molecule has 2 aromatic heterocycles. The predicted molar refractivity (Wildman–Crippen MR) is 153 cm³/mol. The zero-order valence-electron chi connectivity index (χ0n) is 22.1. The molecule has 8 nitrogen and oxygen atoms in total. The van der Waals surface area contributed by atoms with E-state index in [9.17, 15) is 4.79 Å². The van der Waals surface area contributed by atoms with Crippen molar-refractivity contribution >= 4 is 51.3 Å². The van der Waals surface area contributed by atoms with E-state index in [1.165, 1.54) is 5.57 Å². The lowest BCUT2D eigenvalue weighted by Gasteiger charge is -2.34. The number of carbonyl (C=O) groups excluding carboxylic acids is 1. The van der Waals surface area contributed by atoms with Crippen molar-refractivity contribution in [1.29, 1.82) is 0 Å². The van der Waals surface area contributed by atoms with Crippen LogP contribution in [0.1, 0.15) is 32.9 Å². The number of fused-ring (bicyclic) bond motifs is 1. The van der Waals surface area contributed by atoms with Crippen molar-refractivity contribution < 1.29 is 4.79 Å². The molecule has 0 radical (unpaired) electrons. The molecular weight excluding hydrogens is 486 g/mol. The average Bonchev–Trinajstić information content (AvgIpc) is 3.29. The summed E-state index contributed by atoms with van der Waals surface area (Å²) >= 11 is 6.52. The van der Waals surface area contributed by atoms with Crippen LogP contribution in [0.25, 0.3) is 16.6 Å². The molecule has 2 aliphatic heterocycles. The van der Waals surface area contributed by atoms with Gasteiger partial charge >= 0.3 is 6.03 Å². The van der Waals surface area contributed by atoms with E-state index in [0.717, 1.165) is 66.4 Å². The van der Waals surface area contributed by atoms with Crippen molar-refractivity contribution in [2.75, 3.05) is 56.5 Å². The van der Waals surface area contributed by atoms with Crippen molar-refractivity contribution in [1.82, 2.24) is 25.1 Å². The summed E-state index contributed by atoms with van der Waals surface area (Å²) in [5.41, 5.74) is 5.88. The van der Waals surface area contributed by atoms with E-state index < -0.39 is 0 Å². The van der Waals surface area contributed by atoms with E-state index in [1.807, 2.05) is 50.1 Å². The highest BCUT2D eigenvalue weighted by Gasteiger charge is 2.23. The summed E-state index contributed by atoms with van der Waals surface area (Å²) < 4.78 is 0. The summed E-state index contributed by atoms with van der Waals surface area (Å²) in [4.78, 5) is 27.1. The highest BCUT2D eigenvalue weighted by molar-refractivity contribution is 6.31. The van der Waals surface area contributed by atoms with Gasteiger partial charge in [0, 0.05) is 78.5 Å². The Hall–Kier alpha value is -3.23. The van der Waals surface area contributed by atoms with Gasteiger partial charge in [0.2, 0.25) is 0 Å². The number of benzene rings is 1. The molecule has 37 heavy (non-hydrogen) atoms. The summed E-state index contributed by atoms with van der Waals surface area (Å²) in [6.07, 6.45) is 4.73. The standard InChI is InChI=1S/C28H36ClN7O/c1-28(2,3)33-27(37)36-9-6-19(7-10-36)25-18-23-24(5-8-30-26(23)32-25)31-21-15-20(29)16-22(17-21)35-13-11-34(4)12-14-35/h5-6,8,15-18H,7,9-14H2,1-4H3,(H,33,37)(H2,30,31,32). The van der Waals surface area contributed by atoms with Gasteiger partial charge in [-0.1, -0.05) is 17.7 Å². The average molecular weight is 522 g/mol. The number of aromatic amines is 1. The van der Waals surface area contributed by atoms with Gasteiger partial charge in [0.1, 0.15) is 5.65 Å². The molecular formula is C28H36ClN7O. The Labute approximate surface area is 223 Å². The van der Waals surface area contributed by atoms with Gasteiger partial charge in [0.25, 0.3) is 0 Å². The van der Waals surface area contributed by atoms with E-state index in [2.05, 4.69) is 55.7 Å². The van der Waals surface area contributed by atoms with Crippen LogP contribution in [0.3, 0.4) is 0 Å². The Morgan fingerprint density at radius 3 is 2.57 bits per heavy atom. The number of rotatable bonds is 4. The molecule has 0 bridgehead atoms. The molecule has 2 amide bonds. The number of nitrogens with zero attached hydrogens (tertiary/aromatic N) is 4. The van der Waals surface area contributed by atoms with Crippen LogP contribution in [-0.4, -0.2) is 77.7 Å². The molecule has 1 fully saturated rings. The first-order valence-electron chi connectivity index (χ1n) is 12.9. The molecule has 5 rings (SSSR count). The Bertz CT molecular complexity index is 1320. The number of amides is 2. The maximum absolute atomic E-state index is 12.5. The smallest absolute Gasteiger partial charge is 0.318 e. The molecule has 0 unspecified atom stereocenters. The number of pyridine rings is 1. The first-order valence-corrected chi connectivity index (χ1v) is 13.3. The molecule has 0 saturated carbocycles. The predicted octanol–water partition coefficient (Wildman–Crippen LogP) is 5.31. The van der Waals surface area contributed by atoms with Crippen molar-refractivity contribution in [3.63, 3.8) is 0 Å². The first kappa shape index (κ1) is 25.4. The Balaban J connectivity index is 1.34. The van der Waals surface area contributed by atoms with Crippen LogP contribution in [0.2, 0.25) is 5.02 Å². The number of anilines is 3. The van der Waals surface area contributed by atoms with E-state index >= 15 is 0 Å². The number of carbonyl (C=O) groups is 1. The van der Waals surface area contributed by atoms with Crippen LogP contribution in [0.15, 0.2) is 42.6 Å². The van der Waals surface area contributed by atoms with Crippen LogP contribution in [-0.2, 0) is 0 Å². The number of urea groups is 1. The normalized spacial score (nSPS) is 17.2. The number of halogens is 1. The number of hydrogen-bond donors (Lipinski definition) is 3. The molecule has 3 N–H and O–H groups in total. The molecule has 9 heteroatoms. The Morgan fingerprint density at radius 1 is 1.08 bits per heavy atom. The van der Waals surface area contributed by atoms with Crippen molar-refractivity contribution in [3.8, 4) is 0 Å². The van der Waals surface area contributed by atoms with Crippen molar-refractivity contribution in [3.05, 3.63) is 53.3 Å². The SMILES string of the molecule is CN1CCN(c2cc(Cl)cc(Nc3ccnc4[nH]c(C5=CCN(C(=O)NC(C)(C)C)CC5)cc34)c2)CC1. The second-order valence-corrected chi connectivity index (χ2v) is 11.5. The van der Waals surface area contributed by atoms with Gasteiger partial charge in [0.15, 0.2) is 0 Å². The van der Waals surface area contributed by atoms with Crippen LogP contribution >= 0.6 is 11.6 Å². The molecule has 3 aromatic rings. The second-order valence-electron chi connectivity index (χ2n) is 11.0. The number of hydrogen-bond acceptors (Lipinski definition) is 5. The monoisotopic (exact) mass is 521 g/mol. The molecule has 0 aliphatic carbocycles. The topological polar surface area (TPSA) is 79.5 Å². The lowest BCUT2D eigenvalue weighted by atomic mass is 10.0. The quantitative estimate of drug-likeness (QED) is 0.433. The number of aromatic nitrogens is 2. The molecule has 0 spiro atoms. The Morgan fingerprint density at radius 2 is 1.86 bits per heavy atom. The van der Waals surface area contributed by atoms with Gasteiger partial charge in [-0.2, -0.15) is 0 Å². The van der Waals surface area contributed by atoms with E-state index in [0.29, 0.717) is 18.1 Å². The van der Waals surface area contributed by atoms with Crippen LogP contribution in [0.5, 0.6) is 0 Å². The summed E-state index contributed by atoms with van der Waals surface area (Å²) in [7, 11) is 2.16. The van der Waals surface area contributed by atoms with E-state index in [1.54, 1.807) is 0 Å². The minimum absolute atomic E-state index is 0.0231. The number of H-pyrrole nitrogens is 1. The molecule has 1 aromatic carbocycles. The lowest BCUT2D eigenvalue weighted by molar-refractivity contribution is 0.193. The highest BCUT2D eigenvalue weighted by Crippen LogP contribution is 2.33. The minimum atomic E-state index is -0.248. The number of piperazine rings is 1. The van der Waals surface area contributed by atoms with Crippen LogP contribution in [0, 0.1) is 0 Å². The van der Waals surface area contributed by atoms with E-state index in [4.69, 9.17) is 11.6 Å². The van der Waals surface area contributed by atoms with Crippen LogP contribution < -0.4 is 15.5 Å². The highest BCUT2D eigenvalue weighted by atomic mass is 35.5.